The monoisotopic (exact) mass is 540 g/mol. The molecular formula is C20H29IN8S. The zero-order valence-electron chi connectivity index (χ0n) is 17.7. The van der Waals surface area contributed by atoms with Gasteiger partial charge in [-0.05, 0) is 19.1 Å². The average molecular weight is 540 g/mol. The summed E-state index contributed by atoms with van der Waals surface area (Å²) in [6.07, 6.45) is 0.885. The van der Waals surface area contributed by atoms with E-state index in [0.29, 0.717) is 6.54 Å². The maximum absolute atomic E-state index is 4.88. The molecule has 30 heavy (non-hydrogen) atoms. The Labute approximate surface area is 198 Å². The van der Waals surface area contributed by atoms with E-state index in [4.69, 9.17) is 9.98 Å². The fraction of sp³-hybridized carbons (Fsp3) is 0.500. The van der Waals surface area contributed by atoms with Crippen molar-refractivity contribution in [2.75, 3.05) is 37.6 Å². The van der Waals surface area contributed by atoms with E-state index in [-0.39, 0.29) is 24.0 Å². The van der Waals surface area contributed by atoms with E-state index in [2.05, 4.69) is 56.0 Å². The molecule has 1 fully saturated rings. The molecule has 8 nitrogen and oxygen atoms in total. The number of halogens is 1. The van der Waals surface area contributed by atoms with E-state index in [1.807, 2.05) is 18.2 Å². The van der Waals surface area contributed by atoms with E-state index in [1.54, 1.807) is 0 Å². The smallest absolute Gasteiger partial charge is 0.205 e. The SMILES string of the molecule is CCNC(=NCc1nc2ccccc2n1C)N1CCN(c2nc(CC)ns2)CC1.I. The van der Waals surface area contributed by atoms with Crippen molar-refractivity contribution in [3.63, 3.8) is 0 Å². The molecule has 1 saturated heterocycles. The number of fused-ring (bicyclic) bond motifs is 1. The molecule has 0 amide bonds. The number of nitrogens with zero attached hydrogens (tertiary/aromatic N) is 7. The Morgan fingerprint density at radius 2 is 1.90 bits per heavy atom. The predicted molar refractivity (Wildman–Crippen MR) is 134 cm³/mol. The highest BCUT2D eigenvalue weighted by atomic mass is 127. The number of rotatable bonds is 5. The summed E-state index contributed by atoms with van der Waals surface area (Å²) in [6.45, 7) is 9.28. The number of aromatic nitrogens is 4. The highest BCUT2D eigenvalue weighted by Crippen LogP contribution is 2.19. The van der Waals surface area contributed by atoms with Crippen LogP contribution in [0.25, 0.3) is 11.0 Å². The number of hydrogen-bond donors (Lipinski definition) is 1. The molecule has 1 aliphatic rings. The van der Waals surface area contributed by atoms with Crippen molar-refractivity contribution < 1.29 is 0 Å². The molecule has 162 valence electrons. The number of hydrogen-bond acceptors (Lipinski definition) is 6. The molecule has 0 saturated carbocycles. The van der Waals surface area contributed by atoms with Gasteiger partial charge in [-0.25, -0.2) is 15.0 Å². The van der Waals surface area contributed by atoms with E-state index in [1.165, 1.54) is 11.5 Å². The summed E-state index contributed by atoms with van der Waals surface area (Å²) in [7, 11) is 2.05. The van der Waals surface area contributed by atoms with E-state index in [0.717, 1.165) is 72.9 Å². The molecule has 0 atom stereocenters. The lowest BCUT2D eigenvalue weighted by Gasteiger charge is -2.36. The van der Waals surface area contributed by atoms with Crippen LogP contribution in [0.3, 0.4) is 0 Å². The molecule has 3 aromatic rings. The second-order valence-electron chi connectivity index (χ2n) is 7.07. The summed E-state index contributed by atoms with van der Waals surface area (Å²) in [4.78, 5) is 18.9. The molecule has 2 aromatic heterocycles. The molecule has 0 radical (unpaired) electrons. The van der Waals surface area contributed by atoms with Crippen molar-refractivity contribution in [1.82, 2.24) is 29.1 Å². The lowest BCUT2D eigenvalue weighted by Crippen LogP contribution is -2.52. The summed E-state index contributed by atoms with van der Waals surface area (Å²) < 4.78 is 6.54. The van der Waals surface area contributed by atoms with Crippen LogP contribution in [0.5, 0.6) is 0 Å². The third kappa shape index (κ3) is 4.85. The third-order valence-electron chi connectivity index (χ3n) is 5.21. The van der Waals surface area contributed by atoms with Crippen molar-refractivity contribution in [2.24, 2.45) is 12.0 Å². The molecule has 0 spiro atoms. The quantitative estimate of drug-likeness (QED) is 0.305. The van der Waals surface area contributed by atoms with Gasteiger partial charge in [-0.2, -0.15) is 4.37 Å². The third-order valence-corrected chi connectivity index (χ3v) is 6.02. The van der Waals surface area contributed by atoms with Crippen LogP contribution in [0.1, 0.15) is 25.5 Å². The minimum atomic E-state index is 0. The predicted octanol–water partition coefficient (Wildman–Crippen LogP) is 2.89. The fourth-order valence-corrected chi connectivity index (χ4v) is 4.34. The Morgan fingerprint density at radius 1 is 1.13 bits per heavy atom. The lowest BCUT2D eigenvalue weighted by molar-refractivity contribution is 0.372. The highest BCUT2D eigenvalue weighted by Gasteiger charge is 2.22. The summed E-state index contributed by atoms with van der Waals surface area (Å²) in [5, 5.41) is 4.47. The van der Waals surface area contributed by atoms with Crippen LogP contribution in [0.2, 0.25) is 0 Å². The Balaban J connectivity index is 0.00000256. The van der Waals surface area contributed by atoms with E-state index in [9.17, 15) is 0 Å². The number of aryl methyl sites for hydroxylation is 2. The maximum atomic E-state index is 4.88. The van der Waals surface area contributed by atoms with Crippen molar-refractivity contribution in [3.05, 3.63) is 35.9 Å². The summed E-state index contributed by atoms with van der Waals surface area (Å²) in [5.41, 5.74) is 2.15. The van der Waals surface area contributed by atoms with Crippen LogP contribution in [0.4, 0.5) is 5.13 Å². The molecule has 1 aliphatic heterocycles. The summed E-state index contributed by atoms with van der Waals surface area (Å²) >= 11 is 1.50. The van der Waals surface area contributed by atoms with Gasteiger partial charge in [-0.15, -0.1) is 24.0 Å². The van der Waals surface area contributed by atoms with Crippen LogP contribution >= 0.6 is 35.5 Å². The van der Waals surface area contributed by atoms with Gasteiger partial charge in [0.05, 0.1) is 11.0 Å². The lowest BCUT2D eigenvalue weighted by atomic mass is 10.3. The molecule has 0 bridgehead atoms. The van der Waals surface area contributed by atoms with Crippen LogP contribution in [0, 0.1) is 0 Å². The minimum Gasteiger partial charge on any atom is -0.357 e. The normalized spacial score (nSPS) is 14.8. The van der Waals surface area contributed by atoms with Gasteiger partial charge in [0.25, 0.3) is 0 Å². The Kier molecular flexibility index (Phi) is 7.87. The van der Waals surface area contributed by atoms with Crippen LogP contribution in [-0.2, 0) is 20.0 Å². The second kappa shape index (κ2) is 10.4. The van der Waals surface area contributed by atoms with Gasteiger partial charge in [-0.3, -0.25) is 0 Å². The molecule has 1 aromatic carbocycles. The Morgan fingerprint density at radius 3 is 2.57 bits per heavy atom. The van der Waals surface area contributed by atoms with Crippen molar-refractivity contribution in [3.8, 4) is 0 Å². The first-order chi connectivity index (χ1) is 14.2. The number of benzene rings is 1. The minimum absolute atomic E-state index is 0. The van der Waals surface area contributed by atoms with Gasteiger partial charge in [0.1, 0.15) is 18.2 Å². The van der Waals surface area contributed by atoms with Gasteiger partial charge < -0.3 is 19.7 Å². The molecule has 4 rings (SSSR count). The number of nitrogens with one attached hydrogen (secondary N) is 1. The van der Waals surface area contributed by atoms with Crippen LogP contribution < -0.4 is 10.2 Å². The first-order valence-electron chi connectivity index (χ1n) is 10.2. The van der Waals surface area contributed by atoms with Crippen molar-refractivity contribution >= 4 is 57.6 Å². The van der Waals surface area contributed by atoms with Crippen molar-refractivity contribution in [1.29, 1.82) is 0 Å². The number of para-hydroxylation sites is 2. The summed E-state index contributed by atoms with van der Waals surface area (Å²) in [6, 6.07) is 8.21. The molecule has 10 heteroatoms. The molecule has 0 unspecified atom stereocenters. The van der Waals surface area contributed by atoms with Gasteiger partial charge in [-0.1, -0.05) is 19.1 Å². The number of anilines is 1. The maximum Gasteiger partial charge on any atom is 0.205 e. The molecule has 3 heterocycles. The van der Waals surface area contributed by atoms with Crippen LogP contribution in [0.15, 0.2) is 29.3 Å². The standard InChI is InChI=1S/C20H28N8S.HI/c1-4-17-24-20(29-25-17)28-12-10-27(11-13-28)19(21-5-2)22-14-18-23-15-8-6-7-9-16(15)26(18)3;/h6-9H,4-5,10-14H2,1-3H3,(H,21,22);1H. The fourth-order valence-electron chi connectivity index (χ4n) is 3.53. The Hall–Kier alpha value is -1.95. The molecule has 1 N–H and O–H groups in total. The molecular weight excluding hydrogens is 511 g/mol. The first kappa shape index (κ1) is 22.7. The largest absolute Gasteiger partial charge is 0.357 e. The second-order valence-corrected chi connectivity index (χ2v) is 7.80. The Bertz CT molecular complexity index is 990. The average Bonchev–Trinajstić information content (AvgIpc) is 3.36. The summed E-state index contributed by atoms with van der Waals surface area (Å²) in [5.74, 6) is 2.86. The first-order valence-corrected chi connectivity index (χ1v) is 11.0. The van der Waals surface area contributed by atoms with Crippen LogP contribution in [-0.4, -0.2) is 62.5 Å². The van der Waals surface area contributed by atoms with Crippen molar-refractivity contribution in [2.45, 2.75) is 26.8 Å². The van der Waals surface area contributed by atoms with Gasteiger partial charge in [0, 0.05) is 57.7 Å². The zero-order chi connectivity index (χ0) is 20.2. The topological polar surface area (TPSA) is 74.5 Å². The number of guanidine groups is 1. The van der Waals surface area contributed by atoms with E-state index < -0.39 is 0 Å². The van der Waals surface area contributed by atoms with Gasteiger partial charge in [0.2, 0.25) is 5.13 Å². The number of piperazine rings is 1. The van der Waals surface area contributed by atoms with Gasteiger partial charge in [0.15, 0.2) is 5.96 Å². The van der Waals surface area contributed by atoms with Gasteiger partial charge >= 0.3 is 0 Å². The highest BCUT2D eigenvalue weighted by molar-refractivity contribution is 14.0. The molecule has 0 aliphatic carbocycles. The number of aliphatic imine (C=N–C) groups is 1. The zero-order valence-corrected chi connectivity index (χ0v) is 20.9. The van der Waals surface area contributed by atoms with E-state index >= 15 is 0 Å². The number of imidazole rings is 1.